The summed E-state index contributed by atoms with van der Waals surface area (Å²) in [6.45, 7) is 9.21. The van der Waals surface area contributed by atoms with Crippen LogP contribution in [0.15, 0.2) is 90.4 Å². The third-order valence-corrected chi connectivity index (χ3v) is 7.18. The molecule has 0 spiro atoms. The Hall–Kier alpha value is -3.97. The summed E-state index contributed by atoms with van der Waals surface area (Å²) in [5.41, 5.74) is 6.31. The molecule has 0 aliphatic carbocycles. The average molecular weight is 568 g/mol. The number of methoxy groups -OCH3 is 2. The monoisotopic (exact) mass is 567 g/mol. The van der Waals surface area contributed by atoms with E-state index in [0.717, 1.165) is 61.2 Å². The van der Waals surface area contributed by atoms with Gasteiger partial charge in [0.15, 0.2) is 0 Å². The summed E-state index contributed by atoms with van der Waals surface area (Å²) in [6.07, 6.45) is 4.98. The zero-order chi connectivity index (χ0) is 30.2. The summed E-state index contributed by atoms with van der Waals surface area (Å²) < 4.78 is 16.0. The summed E-state index contributed by atoms with van der Waals surface area (Å²) in [5, 5.41) is 0. The van der Waals surface area contributed by atoms with Gasteiger partial charge in [-0.15, -0.1) is 0 Å². The second-order valence-corrected chi connectivity index (χ2v) is 10.2. The molecule has 3 aromatic carbocycles. The molecular formula is C35H42BNO5. The van der Waals surface area contributed by atoms with Crippen LogP contribution in [0.4, 0.5) is 0 Å². The van der Waals surface area contributed by atoms with Gasteiger partial charge in [0.2, 0.25) is 0 Å². The van der Waals surface area contributed by atoms with Crippen LogP contribution in [0, 0.1) is 0 Å². The molecule has 0 aliphatic rings. The molecule has 0 unspecified atom stereocenters. The first kappa shape index (κ1) is 32.5. The molecule has 0 N–H and O–H groups in total. The third kappa shape index (κ3) is 10.8. The predicted molar refractivity (Wildman–Crippen MR) is 170 cm³/mol. The quantitative estimate of drug-likeness (QED) is 0.119. The minimum absolute atomic E-state index is 0.180. The Morgan fingerprint density at radius 1 is 0.833 bits per heavy atom. The first-order chi connectivity index (χ1) is 20.4. The molecule has 0 radical (unpaired) electrons. The van der Waals surface area contributed by atoms with Gasteiger partial charge in [0, 0.05) is 0 Å². The number of rotatable bonds is 16. The van der Waals surface area contributed by atoms with Gasteiger partial charge in [-0.2, -0.15) is 0 Å². The van der Waals surface area contributed by atoms with Gasteiger partial charge < -0.3 is 9.47 Å². The topological polar surface area (TPSA) is 65.1 Å². The van der Waals surface area contributed by atoms with E-state index in [1.807, 2.05) is 43.3 Å². The predicted octanol–water partition coefficient (Wildman–Crippen LogP) is 6.09. The molecule has 0 fully saturated rings. The molecule has 0 bridgehead atoms. The van der Waals surface area contributed by atoms with E-state index in [-0.39, 0.29) is 11.9 Å². The van der Waals surface area contributed by atoms with E-state index in [0.29, 0.717) is 18.6 Å². The van der Waals surface area contributed by atoms with Crippen LogP contribution in [0.3, 0.4) is 0 Å². The number of ether oxygens (including phenoxy) is 3. The van der Waals surface area contributed by atoms with Gasteiger partial charge in [-0.1, -0.05) is 0 Å². The minimum atomic E-state index is -0.343. The second kappa shape index (κ2) is 17.8. The number of carbonyl (C=O) groups is 2. The number of hydrogen-bond donors (Lipinski definition) is 0. The normalized spacial score (nSPS) is 11.6. The molecule has 0 saturated heterocycles. The molecule has 0 aliphatic heterocycles. The van der Waals surface area contributed by atoms with Crippen molar-refractivity contribution in [2.24, 2.45) is 0 Å². The fourth-order valence-electron chi connectivity index (χ4n) is 4.66. The van der Waals surface area contributed by atoms with Crippen molar-refractivity contribution in [1.29, 1.82) is 0 Å². The summed E-state index contributed by atoms with van der Waals surface area (Å²) in [6, 6.07) is 26.1. The van der Waals surface area contributed by atoms with E-state index in [9.17, 15) is 9.59 Å². The van der Waals surface area contributed by atoms with Gasteiger partial charge in [-0.3, -0.25) is 4.79 Å². The molecule has 42 heavy (non-hydrogen) atoms. The molecule has 0 saturated carbocycles. The molecule has 7 heteroatoms. The van der Waals surface area contributed by atoms with E-state index in [4.69, 9.17) is 14.2 Å². The van der Waals surface area contributed by atoms with E-state index in [2.05, 4.69) is 55.2 Å². The van der Waals surface area contributed by atoms with Gasteiger partial charge >= 0.3 is 213 Å². The van der Waals surface area contributed by atoms with Crippen molar-refractivity contribution in [1.82, 2.24) is 4.90 Å². The standard InChI is InChI=1S/C35H42BNO5/c1-5-32(36-27(2)29-13-7-6-8-14-29)26-42-33-16-10-9-15-30(33)22-24-37(23-12-11-17-34(38)40-3)25-28-18-20-31(21-19-28)35(39)41-4/h5-10,13-16,18-21H,11-12,17,22-26H2,1-4H3/b32-5-. The Kier molecular flexibility index (Phi) is 13.8. The number of nitrogens with zero attached hydrogens (tertiary/aromatic N) is 1. The van der Waals surface area contributed by atoms with Crippen molar-refractivity contribution < 1.29 is 23.8 Å². The first-order valence-electron chi connectivity index (χ1n) is 14.5. The molecule has 0 heterocycles. The molecule has 3 rings (SSSR count). The van der Waals surface area contributed by atoms with Crippen molar-refractivity contribution in [3.63, 3.8) is 0 Å². The Bertz CT molecular complexity index is 1340. The summed E-state index contributed by atoms with van der Waals surface area (Å²) in [5.74, 6) is 0.362. The van der Waals surface area contributed by atoms with Gasteiger partial charge in [0.05, 0.1) is 19.8 Å². The van der Waals surface area contributed by atoms with Gasteiger partial charge in [-0.25, -0.2) is 4.79 Å². The van der Waals surface area contributed by atoms with Crippen LogP contribution in [0.25, 0.3) is 0 Å². The maximum atomic E-state index is 11.8. The van der Waals surface area contributed by atoms with E-state index >= 15 is 0 Å². The zero-order valence-electron chi connectivity index (χ0n) is 25.3. The van der Waals surface area contributed by atoms with Crippen LogP contribution in [-0.4, -0.2) is 63.1 Å². The zero-order valence-corrected chi connectivity index (χ0v) is 25.3. The molecular weight excluding hydrogens is 525 g/mol. The van der Waals surface area contributed by atoms with Crippen LogP contribution >= 0.6 is 0 Å². The third-order valence-electron chi connectivity index (χ3n) is 7.18. The average Bonchev–Trinajstić information content (AvgIpc) is 3.04. The van der Waals surface area contributed by atoms with Crippen LogP contribution in [0.1, 0.15) is 60.2 Å². The molecule has 3 aromatic rings. The van der Waals surface area contributed by atoms with E-state index in [1.54, 1.807) is 12.1 Å². The number of hydrogen-bond acceptors (Lipinski definition) is 6. The Balaban J connectivity index is 1.65. The number of carbonyl (C=O) groups excluding carboxylic acids is 2. The van der Waals surface area contributed by atoms with Gasteiger partial charge in [-0.05, 0) is 0 Å². The van der Waals surface area contributed by atoms with Gasteiger partial charge in [0.25, 0.3) is 0 Å². The van der Waals surface area contributed by atoms with Crippen molar-refractivity contribution in [2.75, 3.05) is 33.9 Å². The molecule has 220 valence electrons. The number of allylic oxidation sites excluding steroid dienone is 1. The first-order valence-corrected chi connectivity index (χ1v) is 14.5. The number of esters is 2. The fraction of sp³-hybridized carbons (Fsp3) is 0.343. The number of benzene rings is 3. The summed E-state index contributed by atoms with van der Waals surface area (Å²) >= 11 is 0. The van der Waals surface area contributed by atoms with Crippen LogP contribution in [-0.2, 0) is 27.2 Å². The van der Waals surface area contributed by atoms with E-state index < -0.39 is 0 Å². The van der Waals surface area contributed by atoms with Crippen LogP contribution in [0.5, 0.6) is 5.75 Å². The Labute approximate surface area is 251 Å². The molecule has 6 nitrogen and oxygen atoms in total. The molecule has 0 aromatic heterocycles. The van der Waals surface area contributed by atoms with Crippen molar-refractivity contribution in [3.05, 3.63) is 113 Å². The van der Waals surface area contributed by atoms with Gasteiger partial charge in [0.1, 0.15) is 0 Å². The number of para-hydroxylation sites is 1. The van der Waals surface area contributed by atoms with Crippen molar-refractivity contribution in [3.8, 4) is 5.75 Å². The summed E-state index contributed by atoms with van der Waals surface area (Å²) in [4.78, 5) is 25.8. The Morgan fingerprint density at radius 3 is 2.24 bits per heavy atom. The van der Waals surface area contributed by atoms with Crippen molar-refractivity contribution >= 4 is 24.3 Å². The molecule has 0 amide bonds. The van der Waals surface area contributed by atoms with Crippen LogP contribution < -0.4 is 4.74 Å². The number of unbranched alkanes of at least 4 members (excludes halogenated alkanes) is 1. The van der Waals surface area contributed by atoms with E-state index in [1.165, 1.54) is 25.2 Å². The maximum absolute atomic E-state index is 11.8. The fourth-order valence-corrected chi connectivity index (χ4v) is 4.66. The summed E-state index contributed by atoms with van der Waals surface area (Å²) in [7, 11) is 2.81. The second-order valence-electron chi connectivity index (χ2n) is 10.2. The molecule has 0 atom stereocenters. The van der Waals surface area contributed by atoms with Crippen LogP contribution in [0.2, 0.25) is 0 Å². The SMILES string of the molecule is C/C=C(\B=C(C)c1ccccc1)COc1ccccc1CCN(CCCCC(=O)OC)Cc1ccc(C(=O)OC)cc1. The van der Waals surface area contributed by atoms with Crippen molar-refractivity contribution in [2.45, 2.75) is 46.1 Å². The Morgan fingerprint density at radius 2 is 1.55 bits per heavy atom.